The first-order valence-electron chi connectivity index (χ1n) is 9.53. The molecule has 7 nitrogen and oxygen atoms in total. The van der Waals surface area contributed by atoms with Gasteiger partial charge in [-0.2, -0.15) is 5.10 Å². The van der Waals surface area contributed by atoms with Crippen molar-refractivity contribution < 1.29 is 4.79 Å². The molecule has 0 spiro atoms. The van der Waals surface area contributed by atoms with Gasteiger partial charge in [-0.3, -0.25) is 15.0 Å². The number of thiazole rings is 1. The number of amides is 1. The lowest BCUT2D eigenvalue weighted by atomic mass is 10.1. The van der Waals surface area contributed by atoms with Gasteiger partial charge in [0, 0.05) is 43.3 Å². The number of carbonyl (C=O) groups excluding carboxylic acids is 1. The Hall–Kier alpha value is -3.10. The van der Waals surface area contributed by atoms with E-state index in [-0.39, 0.29) is 5.91 Å². The van der Waals surface area contributed by atoms with Crippen molar-refractivity contribution in [3.05, 3.63) is 76.2 Å². The first-order valence-corrected chi connectivity index (χ1v) is 10.3. The lowest BCUT2D eigenvalue weighted by Crippen LogP contribution is -2.29. The number of aryl methyl sites for hydroxylation is 1. The number of nitrogens with zero attached hydrogens (tertiary/aromatic N) is 5. The molecule has 1 amide bonds. The molecular formula is C21H20N6OS. The topological polar surface area (TPSA) is 75.4 Å². The molecule has 0 radical (unpaired) electrons. The first-order chi connectivity index (χ1) is 14.2. The van der Waals surface area contributed by atoms with Gasteiger partial charge in [-0.05, 0) is 18.6 Å². The van der Waals surface area contributed by atoms with E-state index in [0.29, 0.717) is 22.0 Å². The lowest BCUT2D eigenvalue weighted by Gasteiger charge is -2.25. The second kappa shape index (κ2) is 7.38. The standard InChI is InChI=1S/C21H20N6OS/c1-14-18(19-22-9-5-10-27(19)25-14)20(28)24-21-23-16-8-11-26(13-17(16)29-21)12-15-6-3-2-4-7-15/h2-7,9-10H,8,11-13H2,1H3,(H,23,24,28). The largest absolute Gasteiger partial charge is 0.298 e. The molecule has 5 rings (SSSR count). The van der Waals surface area contributed by atoms with Crippen LogP contribution in [0.5, 0.6) is 0 Å². The van der Waals surface area contributed by atoms with Crippen molar-refractivity contribution in [3.63, 3.8) is 0 Å². The number of anilines is 1. The Morgan fingerprint density at radius 3 is 2.97 bits per heavy atom. The minimum absolute atomic E-state index is 0.219. The zero-order valence-corrected chi connectivity index (χ0v) is 16.8. The van der Waals surface area contributed by atoms with Crippen LogP contribution in [-0.2, 0) is 19.5 Å². The second-order valence-corrected chi connectivity index (χ2v) is 8.22. The summed E-state index contributed by atoms with van der Waals surface area (Å²) in [4.78, 5) is 25.5. The third-order valence-electron chi connectivity index (χ3n) is 5.08. The van der Waals surface area contributed by atoms with Crippen LogP contribution in [0.15, 0.2) is 48.8 Å². The highest BCUT2D eigenvalue weighted by molar-refractivity contribution is 7.15. The second-order valence-electron chi connectivity index (χ2n) is 7.14. The number of hydrogen-bond acceptors (Lipinski definition) is 6. The fourth-order valence-electron chi connectivity index (χ4n) is 3.70. The Morgan fingerprint density at radius 2 is 2.10 bits per heavy atom. The summed E-state index contributed by atoms with van der Waals surface area (Å²) in [6.45, 7) is 4.57. The van der Waals surface area contributed by atoms with Crippen molar-refractivity contribution in [3.8, 4) is 0 Å². The minimum Gasteiger partial charge on any atom is -0.298 e. The number of carbonyl (C=O) groups is 1. The molecule has 3 aromatic heterocycles. The quantitative estimate of drug-likeness (QED) is 0.565. The molecule has 0 saturated heterocycles. The summed E-state index contributed by atoms with van der Waals surface area (Å²) < 4.78 is 1.62. The van der Waals surface area contributed by atoms with Crippen LogP contribution in [0.1, 0.15) is 32.2 Å². The van der Waals surface area contributed by atoms with Crippen LogP contribution >= 0.6 is 11.3 Å². The summed E-state index contributed by atoms with van der Waals surface area (Å²) in [5.74, 6) is -0.219. The van der Waals surface area contributed by atoms with Gasteiger partial charge < -0.3 is 0 Å². The lowest BCUT2D eigenvalue weighted by molar-refractivity contribution is 0.102. The van der Waals surface area contributed by atoms with Gasteiger partial charge in [0.2, 0.25) is 0 Å². The van der Waals surface area contributed by atoms with Crippen LogP contribution < -0.4 is 5.32 Å². The van der Waals surface area contributed by atoms with Crippen molar-refractivity contribution in [2.45, 2.75) is 26.4 Å². The average Bonchev–Trinajstić information content (AvgIpc) is 3.27. The van der Waals surface area contributed by atoms with Crippen molar-refractivity contribution in [1.29, 1.82) is 0 Å². The van der Waals surface area contributed by atoms with E-state index in [9.17, 15) is 4.79 Å². The molecule has 0 saturated carbocycles. The van der Waals surface area contributed by atoms with E-state index in [1.165, 1.54) is 10.4 Å². The number of benzene rings is 1. The molecule has 1 aromatic carbocycles. The number of nitrogens with one attached hydrogen (secondary N) is 1. The maximum atomic E-state index is 12.9. The minimum atomic E-state index is -0.219. The van der Waals surface area contributed by atoms with Crippen LogP contribution in [-0.4, -0.2) is 36.9 Å². The van der Waals surface area contributed by atoms with Gasteiger partial charge in [0.25, 0.3) is 5.91 Å². The highest BCUT2D eigenvalue weighted by atomic mass is 32.1. The monoisotopic (exact) mass is 404 g/mol. The zero-order chi connectivity index (χ0) is 19.8. The van der Waals surface area contributed by atoms with E-state index >= 15 is 0 Å². The molecule has 8 heteroatoms. The average molecular weight is 404 g/mol. The molecule has 0 aliphatic carbocycles. The molecule has 4 aromatic rings. The SMILES string of the molecule is Cc1nn2cccnc2c1C(=O)Nc1nc2c(s1)CN(Cc1ccccc1)CC2. The van der Waals surface area contributed by atoms with E-state index < -0.39 is 0 Å². The van der Waals surface area contributed by atoms with Gasteiger partial charge >= 0.3 is 0 Å². The third-order valence-corrected chi connectivity index (χ3v) is 6.07. The summed E-state index contributed by atoms with van der Waals surface area (Å²) >= 11 is 1.55. The van der Waals surface area contributed by atoms with Crippen molar-refractivity contribution >= 4 is 28.0 Å². The molecule has 146 valence electrons. The van der Waals surface area contributed by atoms with Crippen molar-refractivity contribution in [1.82, 2.24) is 24.5 Å². The molecule has 0 atom stereocenters. The molecule has 0 fully saturated rings. The van der Waals surface area contributed by atoms with Crippen molar-refractivity contribution in [2.24, 2.45) is 0 Å². The van der Waals surface area contributed by atoms with E-state index in [2.05, 4.69) is 49.5 Å². The maximum Gasteiger partial charge on any atom is 0.263 e. The fraction of sp³-hybridized carbons (Fsp3) is 0.238. The molecule has 0 bridgehead atoms. The molecule has 1 N–H and O–H groups in total. The first kappa shape index (κ1) is 18.0. The molecule has 4 heterocycles. The summed E-state index contributed by atoms with van der Waals surface area (Å²) in [6.07, 6.45) is 4.35. The Morgan fingerprint density at radius 1 is 1.24 bits per heavy atom. The predicted octanol–water partition coefficient (Wildman–Crippen LogP) is 3.30. The van der Waals surface area contributed by atoms with Crippen LogP contribution in [0.2, 0.25) is 0 Å². The number of fused-ring (bicyclic) bond motifs is 2. The van der Waals surface area contributed by atoms with Crippen LogP contribution in [0.4, 0.5) is 5.13 Å². The van der Waals surface area contributed by atoms with Gasteiger partial charge in [0.1, 0.15) is 5.56 Å². The molecule has 1 aliphatic rings. The summed E-state index contributed by atoms with van der Waals surface area (Å²) in [6, 6.07) is 12.3. The summed E-state index contributed by atoms with van der Waals surface area (Å²) in [5.41, 5.74) is 4.09. The van der Waals surface area contributed by atoms with Gasteiger partial charge in [-0.15, -0.1) is 11.3 Å². The van der Waals surface area contributed by atoms with Crippen molar-refractivity contribution in [2.75, 3.05) is 11.9 Å². The molecule has 29 heavy (non-hydrogen) atoms. The van der Waals surface area contributed by atoms with E-state index in [1.807, 2.05) is 13.0 Å². The number of aromatic nitrogens is 4. The third kappa shape index (κ3) is 3.52. The molecular weight excluding hydrogens is 384 g/mol. The number of rotatable bonds is 4. The summed E-state index contributed by atoms with van der Waals surface area (Å²) in [5, 5.41) is 7.95. The Bertz CT molecular complexity index is 1180. The number of hydrogen-bond donors (Lipinski definition) is 1. The highest BCUT2D eigenvalue weighted by Crippen LogP contribution is 2.29. The van der Waals surface area contributed by atoms with Crippen LogP contribution in [0.3, 0.4) is 0 Å². The Balaban J connectivity index is 1.32. The molecule has 1 aliphatic heterocycles. The smallest absolute Gasteiger partial charge is 0.263 e. The van der Waals surface area contributed by atoms with E-state index in [4.69, 9.17) is 0 Å². The fourth-order valence-corrected chi connectivity index (χ4v) is 4.75. The summed E-state index contributed by atoms with van der Waals surface area (Å²) in [7, 11) is 0. The van der Waals surface area contributed by atoms with E-state index in [0.717, 1.165) is 31.7 Å². The predicted molar refractivity (Wildman–Crippen MR) is 112 cm³/mol. The van der Waals surface area contributed by atoms with Gasteiger partial charge in [-0.25, -0.2) is 14.5 Å². The van der Waals surface area contributed by atoms with Crippen LogP contribution in [0.25, 0.3) is 5.65 Å². The van der Waals surface area contributed by atoms with Gasteiger partial charge in [-0.1, -0.05) is 30.3 Å². The maximum absolute atomic E-state index is 12.9. The zero-order valence-electron chi connectivity index (χ0n) is 16.0. The normalized spacial score (nSPS) is 14.1. The van der Waals surface area contributed by atoms with Crippen LogP contribution in [0, 0.1) is 6.92 Å². The van der Waals surface area contributed by atoms with Gasteiger partial charge in [0.05, 0.1) is 11.4 Å². The van der Waals surface area contributed by atoms with Gasteiger partial charge in [0.15, 0.2) is 10.8 Å². The van der Waals surface area contributed by atoms with E-state index in [1.54, 1.807) is 34.3 Å². The highest BCUT2D eigenvalue weighted by Gasteiger charge is 2.23. The Labute approximate surface area is 172 Å². The Kier molecular flexibility index (Phi) is 4.57. The molecule has 0 unspecified atom stereocenters.